The third-order valence-electron chi connectivity index (χ3n) is 2.95. The lowest BCUT2D eigenvalue weighted by Crippen LogP contribution is -2.41. The minimum atomic E-state index is -0.232. The molecule has 0 aliphatic carbocycles. The zero-order valence-electron chi connectivity index (χ0n) is 12.1. The van der Waals surface area contributed by atoms with E-state index in [4.69, 9.17) is 0 Å². The van der Waals surface area contributed by atoms with E-state index in [1.807, 2.05) is 21.0 Å². The lowest BCUT2D eigenvalue weighted by Gasteiger charge is -2.11. The third-order valence-corrected chi connectivity index (χ3v) is 2.95. The Hall–Kier alpha value is -1.40. The van der Waals surface area contributed by atoms with E-state index in [-0.39, 0.29) is 11.2 Å². The lowest BCUT2D eigenvalue weighted by atomic mass is 10.4. The fourth-order valence-corrected chi connectivity index (χ4v) is 1.84. The second-order valence-electron chi connectivity index (χ2n) is 4.78. The summed E-state index contributed by atoms with van der Waals surface area (Å²) in [6, 6.07) is 1.44. The molecule has 0 unspecified atom stereocenters. The molecular formula is C13H24N4O2. The Bertz CT molecular complexity index is 490. The van der Waals surface area contributed by atoms with E-state index in [0.717, 1.165) is 19.5 Å². The van der Waals surface area contributed by atoms with Crippen molar-refractivity contribution in [3.8, 4) is 0 Å². The number of nitrogens with zero attached hydrogens (tertiary/aromatic N) is 3. The van der Waals surface area contributed by atoms with Crippen LogP contribution in [0.2, 0.25) is 0 Å². The van der Waals surface area contributed by atoms with Gasteiger partial charge in [0.15, 0.2) is 0 Å². The first kappa shape index (κ1) is 15.7. The number of aryl methyl sites for hydroxylation is 1. The van der Waals surface area contributed by atoms with Gasteiger partial charge in [-0.1, -0.05) is 0 Å². The molecule has 1 heterocycles. The molecule has 0 aromatic carbocycles. The van der Waals surface area contributed by atoms with Gasteiger partial charge in [0.1, 0.15) is 0 Å². The monoisotopic (exact) mass is 268 g/mol. The molecule has 0 bridgehead atoms. The summed E-state index contributed by atoms with van der Waals surface area (Å²) in [5, 5.41) is 3.25. The first-order valence-electron chi connectivity index (χ1n) is 6.72. The van der Waals surface area contributed by atoms with Gasteiger partial charge in [-0.05, 0) is 40.5 Å². The summed E-state index contributed by atoms with van der Waals surface area (Å²) in [5.74, 6) is 0. The molecule has 0 amide bonds. The van der Waals surface area contributed by atoms with Crippen molar-refractivity contribution in [1.82, 2.24) is 19.4 Å². The van der Waals surface area contributed by atoms with Gasteiger partial charge >= 0.3 is 5.69 Å². The van der Waals surface area contributed by atoms with Crippen LogP contribution in [0.1, 0.15) is 13.3 Å². The highest BCUT2D eigenvalue weighted by Crippen LogP contribution is 1.81. The van der Waals surface area contributed by atoms with Crippen LogP contribution in [-0.4, -0.2) is 47.8 Å². The molecule has 0 aliphatic rings. The molecular weight excluding hydrogens is 244 g/mol. The summed E-state index contributed by atoms with van der Waals surface area (Å²) in [4.78, 5) is 25.7. The number of hydrogen-bond acceptors (Lipinski definition) is 4. The van der Waals surface area contributed by atoms with E-state index in [9.17, 15) is 9.59 Å². The smallest absolute Gasteiger partial charge is 0.315 e. The van der Waals surface area contributed by atoms with Crippen molar-refractivity contribution >= 4 is 0 Å². The standard InChI is InChI=1S/C13H24N4O2/c1-4-16-10-6-12(18)17(13(16)19)11-8-14-7-5-9-15(2)3/h6,10,14H,4-5,7-9,11H2,1-3H3. The van der Waals surface area contributed by atoms with Crippen LogP contribution in [0.5, 0.6) is 0 Å². The van der Waals surface area contributed by atoms with Crippen LogP contribution in [0, 0.1) is 0 Å². The molecule has 0 radical (unpaired) electrons. The molecule has 19 heavy (non-hydrogen) atoms. The van der Waals surface area contributed by atoms with Crippen molar-refractivity contribution in [1.29, 1.82) is 0 Å². The van der Waals surface area contributed by atoms with Gasteiger partial charge in [0.05, 0.1) is 0 Å². The van der Waals surface area contributed by atoms with Crippen LogP contribution in [0.3, 0.4) is 0 Å². The quantitative estimate of drug-likeness (QED) is 0.650. The molecule has 108 valence electrons. The van der Waals surface area contributed by atoms with E-state index in [0.29, 0.717) is 19.6 Å². The van der Waals surface area contributed by atoms with Gasteiger partial charge in [-0.3, -0.25) is 9.36 Å². The predicted octanol–water partition coefficient (Wildman–Crippen LogP) is -0.429. The molecule has 1 aromatic heterocycles. The van der Waals surface area contributed by atoms with Crippen molar-refractivity contribution in [2.75, 3.05) is 33.7 Å². The zero-order valence-corrected chi connectivity index (χ0v) is 12.1. The maximum Gasteiger partial charge on any atom is 0.330 e. The molecule has 0 aliphatic heterocycles. The second-order valence-corrected chi connectivity index (χ2v) is 4.78. The Kier molecular flexibility index (Phi) is 6.52. The average Bonchev–Trinajstić information content (AvgIpc) is 2.36. The van der Waals surface area contributed by atoms with Gasteiger partial charge in [0.2, 0.25) is 0 Å². The average molecular weight is 268 g/mol. The summed E-state index contributed by atoms with van der Waals surface area (Å²) in [6.45, 7) is 5.44. The number of aromatic nitrogens is 2. The fraction of sp³-hybridized carbons (Fsp3) is 0.692. The van der Waals surface area contributed by atoms with Crippen molar-refractivity contribution in [3.05, 3.63) is 33.1 Å². The maximum absolute atomic E-state index is 11.9. The van der Waals surface area contributed by atoms with Gasteiger partial charge < -0.3 is 14.8 Å². The second kappa shape index (κ2) is 7.91. The van der Waals surface area contributed by atoms with Crippen LogP contribution >= 0.6 is 0 Å². The Morgan fingerprint density at radius 2 is 2.00 bits per heavy atom. The first-order chi connectivity index (χ1) is 9.06. The minimum Gasteiger partial charge on any atom is -0.315 e. The van der Waals surface area contributed by atoms with Crippen LogP contribution in [0.15, 0.2) is 21.9 Å². The van der Waals surface area contributed by atoms with Crippen LogP contribution in [0.4, 0.5) is 0 Å². The van der Waals surface area contributed by atoms with Crippen molar-refractivity contribution in [2.24, 2.45) is 0 Å². The van der Waals surface area contributed by atoms with Gasteiger partial charge in [-0.25, -0.2) is 4.79 Å². The number of rotatable bonds is 8. The Balaban J connectivity index is 2.45. The molecule has 0 atom stereocenters. The maximum atomic E-state index is 11.9. The molecule has 1 N–H and O–H groups in total. The normalized spacial score (nSPS) is 11.2. The Labute approximate surface area is 113 Å². The van der Waals surface area contributed by atoms with Gasteiger partial charge in [0.25, 0.3) is 5.56 Å². The summed E-state index contributed by atoms with van der Waals surface area (Å²) in [5.41, 5.74) is -0.463. The summed E-state index contributed by atoms with van der Waals surface area (Å²) >= 11 is 0. The Morgan fingerprint density at radius 1 is 1.26 bits per heavy atom. The Morgan fingerprint density at radius 3 is 2.63 bits per heavy atom. The summed E-state index contributed by atoms with van der Waals surface area (Å²) in [7, 11) is 4.08. The van der Waals surface area contributed by atoms with Crippen LogP contribution < -0.4 is 16.6 Å². The highest BCUT2D eigenvalue weighted by Gasteiger charge is 2.03. The van der Waals surface area contributed by atoms with Crippen molar-refractivity contribution in [3.63, 3.8) is 0 Å². The predicted molar refractivity (Wildman–Crippen MR) is 76.7 cm³/mol. The highest BCUT2D eigenvalue weighted by molar-refractivity contribution is 4.86. The van der Waals surface area contributed by atoms with Gasteiger partial charge in [-0.2, -0.15) is 0 Å². The van der Waals surface area contributed by atoms with Gasteiger partial charge in [-0.15, -0.1) is 0 Å². The molecule has 0 saturated heterocycles. The zero-order chi connectivity index (χ0) is 14.3. The van der Waals surface area contributed by atoms with E-state index in [2.05, 4.69) is 10.2 Å². The minimum absolute atomic E-state index is 0.231. The fourth-order valence-electron chi connectivity index (χ4n) is 1.84. The van der Waals surface area contributed by atoms with E-state index in [1.54, 1.807) is 6.20 Å². The largest absolute Gasteiger partial charge is 0.330 e. The molecule has 1 rings (SSSR count). The van der Waals surface area contributed by atoms with E-state index in [1.165, 1.54) is 15.2 Å². The third kappa shape index (κ3) is 5.00. The van der Waals surface area contributed by atoms with Gasteiger partial charge in [0, 0.05) is 31.9 Å². The van der Waals surface area contributed by atoms with Crippen molar-refractivity contribution < 1.29 is 0 Å². The highest BCUT2D eigenvalue weighted by atomic mass is 16.2. The van der Waals surface area contributed by atoms with E-state index < -0.39 is 0 Å². The molecule has 6 heteroatoms. The van der Waals surface area contributed by atoms with E-state index >= 15 is 0 Å². The summed E-state index contributed by atoms with van der Waals surface area (Å²) in [6.07, 6.45) is 2.60. The molecule has 1 aromatic rings. The molecule has 0 fully saturated rings. The summed E-state index contributed by atoms with van der Waals surface area (Å²) < 4.78 is 2.82. The molecule has 0 spiro atoms. The first-order valence-corrected chi connectivity index (χ1v) is 6.72. The molecule has 0 saturated carbocycles. The van der Waals surface area contributed by atoms with Crippen LogP contribution in [0.25, 0.3) is 0 Å². The SMILES string of the molecule is CCn1ccc(=O)n(CCNCCCN(C)C)c1=O. The van der Waals surface area contributed by atoms with Crippen molar-refractivity contribution in [2.45, 2.75) is 26.4 Å². The lowest BCUT2D eigenvalue weighted by molar-refractivity contribution is 0.392. The van der Waals surface area contributed by atoms with Crippen LogP contribution in [-0.2, 0) is 13.1 Å². The number of hydrogen-bond donors (Lipinski definition) is 1. The molecule has 6 nitrogen and oxygen atoms in total. The number of nitrogens with one attached hydrogen (secondary N) is 1. The topological polar surface area (TPSA) is 59.3 Å².